The second-order valence-corrected chi connectivity index (χ2v) is 7.50. The molecule has 0 aromatic carbocycles. The Labute approximate surface area is 133 Å². The van der Waals surface area contributed by atoms with E-state index in [0.29, 0.717) is 11.1 Å². The van der Waals surface area contributed by atoms with Gasteiger partial charge in [0.15, 0.2) is 0 Å². The van der Waals surface area contributed by atoms with Crippen molar-refractivity contribution < 1.29 is 5.11 Å². The van der Waals surface area contributed by atoms with E-state index in [-0.39, 0.29) is 11.0 Å². The minimum absolute atomic E-state index is 0.0742. The van der Waals surface area contributed by atoms with Gasteiger partial charge in [0, 0.05) is 24.7 Å². The highest BCUT2D eigenvalue weighted by Gasteiger charge is 2.54. The summed E-state index contributed by atoms with van der Waals surface area (Å²) in [5.74, 6) is 0. The highest BCUT2D eigenvalue weighted by atomic mass is 79.9. The Hall–Kier alpha value is -0.720. The lowest BCUT2D eigenvalue weighted by Crippen LogP contribution is -2.60. The molecule has 1 aromatic heterocycles. The summed E-state index contributed by atoms with van der Waals surface area (Å²) in [5.41, 5.74) is -1.03. The average molecular weight is 356 g/mol. The summed E-state index contributed by atoms with van der Waals surface area (Å²) >= 11 is 3.30. The Morgan fingerprint density at radius 2 is 2.10 bits per heavy atom. The van der Waals surface area contributed by atoms with Crippen LogP contribution in [0.2, 0.25) is 0 Å². The normalized spacial score (nSPS) is 29.1. The van der Waals surface area contributed by atoms with Gasteiger partial charge >= 0.3 is 0 Å². The average Bonchev–Trinajstić information content (AvgIpc) is 2.89. The zero-order valence-electron chi connectivity index (χ0n) is 12.4. The molecule has 1 saturated heterocycles. The summed E-state index contributed by atoms with van der Waals surface area (Å²) in [6.07, 6.45) is 8.15. The molecule has 1 spiro atoms. The highest BCUT2D eigenvalue weighted by Crippen LogP contribution is 2.51. The number of aliphatic hydroxyl groups is 1. The van der Waals surface area contributed by atoms with E-state index in [0.717, 1.165) is 32.4 Å². The smallest absolute Gasteiger partial charge is 0.269 e. The fourth-order valence-corrected chi connectivity index (χ4v) is 4.48. The fourth-order valence-electron chi connectivity index (χ4n) is 4.13. The maximum absolute atomic E-state index is 12.0. The first kappa shape index (κ1) is 15.2. The van der Waals surface area contributed by atoms with Crippen LogP contribution in [-0.2, 0) is 6.54 Å². The van der Waals surface area contributed by atoms with E-state index in [2.05, 4.69) is 32.9 Å². The van der Waals surface area contributed by atoms with Crippen LogP contribution in [0.25, 0.3) is 0 Å². The molecule has 0 amide bonds. The minimum atomic E-state index is -0.805. The molecule has 0 bridgehead atoms. The predicted molar refractivity (Wildman–Crippen MR) is 84.2 cm³/mol. The van der Waals surface area contributed by atoms with Gasteiger partial charge in [0.2, 0.25) is 0 Å². The SMILES string of the molecule is CN1CCC(O)(Cn2cc(Br)ncc2=O)C2(CCCC2)C1. The van der Waals surface area contributed by atoms with Crippen LogP contribution >= 0.6 is 15.9 Å². The number of nitrogens with zero attached hydrogens (tertiary/aromatic N) is 3. The van der Waals surface area contributed by atoms with Crippen LogP contribution in [0.4, 0.5) is 0 Å². The Balaban J connectivity index is 1.94. The second kappa shape index (κ2) is 5.48. The Kier molecular flexibility index (Phi) is 3.96. The molecule has 0 radical (unpaired) electrons. The van der Waals surface area contributed by atoms with E-state index in [4.69, 9.17) is 0 Å². The molecule has 6 heteroatoms. The van der Waals surface area contributed by atoms with Gasteiger partial charge in [0.1, 0.15) is 4.60 Å². The Morgan fingerprint density at radius 3 is 2.81 bits per heavy atom. The maximum Gasteiger partial charge on any atom is 0.269 e. The van der Waals surface area contributed by atoms with Gasteiger partial charge in [-0.05, 0) is 42.2 Å². The topological polar surface area (TPSA) is 58.4 Å². The van der Waals surface area contributed by atoms with Crippen molar-refractivity contribution in [1.82, 2.24) is 14.5 Å². The molecule has 2 heterocycles. The van der Waals surface area contributed by atoms with Gasteiger partial charge in [-0.25, -0.2) is 4.98 Å². The number of hydrogen-bond acceptors (Lipinski definition) is 4. The molecule has 1 unspecified atom stereocenters. The quantitative estimate of drug-likeness (QED) is 0.875. The summed E-state index contributed by atoms with van der Waals surface area (Å²) < 4.78 is 2.22. The van der Waals surface area contributed by atoms with Crippen molar-refractivity contribution in [3.8, 4) is 0 Å². The van der Waals surface area contributed by atoms with Gasteiger partial charge in [-0.15, -0.1) is 0 Å². The van der Waals surface area contributed by atoms with E-state index < -0.39 is 5.60 Å². The molecule has 2 aliphatic rings. The molecule has 2 fully saturated rings. The third-order valence-corrected chi connectivity index (χ3v) is 5.71. The maximum atomic E-state index is 12.0. The first-order chi connectivity index (χ1) is 9.94. The largest absolute Gasteiger partial charge is 0.387 e. The van der Waals surface area contributed by atoms with Crippen LogP contribution in [0.1, 0.15) is 32.1 Å². The third-order valence-electron chi connectivity index (χ3n) is 5.30. The molecule has 1 saturated carbocycles. The second-order valence-electron chi connectivity index (χ2n) is 6.68. The van der Waals surface area contributed by atoms with Gasteiger partial charge in [-0.2, -0.15) is 0 Å². The number of aromatic nitrogens is 2. The minimum Gasteiger partial charge on any atom is -0.387 e. The summed E-state index contributed by atoms with van der Waals surface area (Å²) in [7, 11) is 2.12. The molecule has 3 rings (SSSR count). The predicted octanol–water partition coefficient (Wildman–Crippen LogP) is 1.63. The van der Waals surface area contributed by atoms with Gasteiger partial charge in [-0.1, -0.05) is 12.8 Å². The van der Waals surface area contributed by atoms with Crippen molar-refractivity contribution in [1.29, 1.82) is 0 Å². The van der Waals surface area contributed by atoms with E-state index in [1.165, 1.54) is 19.0 Å². The number of halogens is 1. The molecule has 1 atom stereocenters. The fraction of sp³-hybridized carbons (Fsp3) is 0.733. The number of hydrogen-bond donors (Lipinski definition) is 1. The zero-order chi connectivity index (χ0) is 15.1. The van der Waals surface area contributed by atoms with Crippen LogP contribution < -0.4 is 5.56 Å². The first-order valence-electron chi connectivity index (χ1n) is 7.57. The lowest BCUT2D eigenvalue weighted by atomic mass is 9.66. The lowest BCUT2D eigenvalue weighted by Gasteiger charge is -2.51. The molecule has 1 aliphatic carbocycles. The summed E-state index contributed by atoms with van der Waals surface area (Å²) in [5, 5.41) is 11.4. The number of piperidine rings is 1. The molecule has 1 N–H and O–H groups in total. The number of likely N-dealkylation sites (tertiary alicyclic amines) is 1. The van der Waals surface area contributed by atoms with E-state index in [1.807, 2.05) is 0 Å². The molecule has 1 aromatic rings. The third kappa shape index (κ3) is 2.69. The van der Waals surface area contributed by atoms with E-state index in [9.17, 15) is 9.90 Å². The van der Waals surface area contributed by atoms with Crippen LogP contribution in [0.3, 0.4) is 0 Å². The summed E-state index contributed by atoms with van der Waals surface area (Å²) in [6, 6.07) is 0. The van der Waals surface area contributed by atoms with Gasteiger partial charge in [0.05, 0.1) is 18.3 Å². The van der Waals surface area contributed by atoms with Gasteiger partial charge < -0.3 is 14.6 Å². The molecule has 116 valence electrons. The van der Waals surface area contributed by atoms with Crippen LogP contribution in [-0.4, -0.2) is 45.3 Å². The Bertz CT molecular complexity index is 583. The lowest BCUT2D eigenvalue weighted by molar-refractivity contribution is -0.139. The summed E-state index contributed by atoms with van der Waals surface area (Å²) in [6.45, 7) is 2.16. The number of rotatable bonds is 2. The van der Waals surface area contributed by atoms with Crippen LogP contribution in [0.5, 0.6) is 0 Å². The van der Waals surface area contributed by atoms with E-state index >= 15 is 0 Å². The van der Waals surface area contributed by atoms with Crippen molar-refractivity contribution in [2.45, 2.75) is 44.2 Å². The molecule has 1 aliphatic heterocycles. The van der Waals surface area contributed by atoms with E-state index in [1.54, 1.807) is 10.8 Å². The highest BCUT2D eigenvalue weighted by molar-refractivity contribution is 9.10. The summed E-state index contributed by atoms with van der Waals surface area (Å²) in [4.78, 5) is 18.3. The van der Waals surface area contributed by atoms with Crippen molar-refractivity contribution in [2.24, 2.45) is 5.41 Å². The first-order valence-corrected chi connectivity index (χ1v) is 8.36. The van der Waals surface area contributed by atoms with Crippen molar-refractivity contribution in [3.63, 3.8) is 0 Å². The molecular formula is C15H22BrN3O2. The molecular weight excluding hydrogens is 334 g/mol. The molecule has 21 heavy (non-hydrogen) atoms. The van der Waals surface area contributed by atoms with Crippen molar-refractivity contribution in [2.75, 3.05) is 20.1 Å². The monoisotopic (exact) mass is 355 g/mol. The van der Waals surface area contributed by atoms with Crippen molar-refractivity contribution in [3.05, 3.63) is 27.4 Å². The van der Waals surface area contributed by atoms with Gasteiger partial charge in [-0.3, -0.25) is 4.79 Å². The molecule has 5 nitrogen and oxygen atoms in total. The Morgan fingerprint density at radius 1 is 1.38 bits per heavy atom. The zero-order valence-corrected chi connectivity index (χ0v) is 14.0. The van der Waals surface area contributed by atoms with Crippen LogP contribution in [0.15, 0.2) is 21.8 Å². The standard InChI is InChI=1S/C15H22BrN3O2/c1-18-7-6-15(21,14(10-18)4-2-3-5-14)11-19-9-12(16)17-8-13(19)20/h8-9,21H,2-7,10-11H2,1H3. The van der Waals surface area contributed by atoms with Crippen molar-refractivity contribution >= 4 is 15.9 Å². The van der Waals surface area contributed by atoms with Crippen LogP contribution in [0, 0.1) is 5.41 Å². The van der Waals surface area contributed by atoms with Gasteiger partial charge in [0.25, 0.3) is 5.56 Å².